The van der Waals surface area contributed by atoms with E-state index >= 15 is 0 Å². The molecule has 96 valence electrons. The lowest BCUT2D eigenvalue weighted by Crippen LogP contribution is -2.41. The van der Waals surface area contributed by atoms with E-state index in [4.69, 9.17) is 10.5 Å². The minimum Gasteiger partial charge on any atom is -0.381 e. The zero-order valence-corrected chi connectivity index (χ0v) is 11.5. The molecular formula is C12H15BrN4O. The SMILES string of the molecule is NCC1(c2nc3ncc(Br)cc3[nH]2)CCOCC1. The molecular weight excluding hydrogens is 296 g/mol. The lowest BCUT2D eigenvalue weighted by Gasteiger charge is -2.34. The molecule has 1 saturated heterocycles. The van der Waals surface area contributed by atoms with Gasteiger partial charge in [-0.15, -0.1) is 0 Å². The summed E-state index contributed by atoms with van der Waals surface area (Å²) in [6.45, 7) is 2.06. The van der Waals surface area contributed by atoms with Crippen molar-refractivity contribution in [2.45, 2.75) is 18.3 Å². The number of aromatic nitrogens is 3. The maximum absolute atomic E-state index is 5.98. The Bertz CT molecular complexity index is 562. The van der Waals surface area contributed by atoms with Gasteiger partial charge in [-0.2, -0.15) is 0 Å². The third-order valence-corrected chi connectivity index (χ3v) is 4.08. The van der Waals surface area contributed by atoms with Crippen molar-refractivity contribution >= 4 is 27.1 Å². The first-order valence-corrected chi connectivity index (χ1v) is 6.82. The summed E-state index contributed by atoms with van der Waals surface area (Å²) in [4.78, 5) is 12.3. The van der Waals surface area contributed by atoms with Gasteiger partial charge < -0.3 is 15.5 Å². The Morgan fingerprint density at radius 3 is 2.94 bits per heavy atom. The van der Waals surface area contributed by atoms with E-state index in [0.717, 1.165) is 47.5 Å². The average Bonchev–Trinajstić information content (AvgIpc) is 2.83. The van der Waals surface area contributed by atoms with Crippen molar-refractivity contribution in [2.75, 3.05) is 19.8 Å². The van der Waals surface area contributed by atoms with Crippen LogP contribution in [0.4, 0.5) is 0 Å². The highest BCUT2D eigenvalue weighted by atomic mass is 79.9. The number of halogens is 1. The number of hydrogen-bond donors (Lipinski definition) is 2. The number of pyridine rings is 1. The largest absolute Gasteiger partial charge is 0.381 e. The molecule has 5 nitrogen and oxygen atoms in total. The molecule has 1 fully saturated rings. The lowest BCUT2D eigenvalue weighted by atomic mass is 9.79. The Balaban J connectivity index is 2.06. The van der Waals surface area contributed by atoms with Crippen LogP contribution in [0.5, 0.6) is 0 Å². The number of nitrogens with zero attached hydrogens (tertiary/aromatic N) is 2. The molecule has 1 aliphatic heterocycles. The van der Waals surface area contributed by atoms with Crippen LogP contribution in [-0.4, -0.2) is 34.7 Å². The van der Waals surface area contributed by atoms with Crippen LogP contribution in [0.25, 0.3) is 11.2 Å². The number of aromatic amines is 1. The third kappa shape index (κ3) is 1.94. The van der Waals surface area contributed by atoms with Crippen molar-refractivity contribution in [1.82, 2.24) is 15.0 Å². The molecule has 2 aromatic rings. The smallest absolute Gasteiger partial charge is 0.177 e. The van der Waals surface area contributed by atoms with Gasteiger partial charge in [0.2, 0.25) is 0 Å². The Morgan fingerprint density at radius 2 is 2.22 bits per heavy atom. The fourth-order valence-electron chi connectivity index (χ4n) is 2.43. The second-order valence-electron chi connectivity index (χ2n) is 4.71. The van der Waals surface area contributed by atoms with Gasteiger partial charge in [-0.05, 0) is 34.8 Å². The van der Waals surface area contributed by atoms with Gasteiger partial charge in [0.1, 0.15) is 5.82 Å². The number of rotatable bonds is 2. The number of fused-ring (bicyclic) bond motifs is 1. The van der Waals surface area contributed by atoms with Crippen LogP contribution in [0, 0.1) is 0 Å². The first kappa shape index (κ1) is 12.1. The van der Waals surface area contributed by atoms with Crippen LogP contribution in [-0.2, 0) is 10.2 Å². The van der Waals surface area contributed by atoms with E-state index in [2.05, 4.69) is 30.9 Å². The normalized spacial score (nSPS) is 19.2. The maximum atomic E-state index is 5.98. The molecule has 0 bridgehead atoms. The van der Waals surface area contributed by atoms with Crippen LogP contribution >= 0.6 is 15.9 Å². The summed E-state index contributed by atoms with van der Waals surface area (Å²) in [6.07, 6.45) is 3.57. The topological polar surface area (TPSA) is 76.8 Å². The number of ether oxygens (including phenoxy) is 1. The van der Waals surface area contributed by atoms with Crippen LogP contribution in [0.1, 0.15) is 18.7 Å². The highest BCUT2D eigenvalue weighted by Crippen LogP contribution is 2.33. The second-order valence-corrected chi connectivity index (χ2v) is 5.62. The molecule has 0 radical (unpaired) electrons. The molecule has 0 aliphatic carbocycles. The molecule has 3 rings (SSSR count). The minimum atomic E-state index is -0.0918. The van der Waals surface area contributed by atoms with Gasteiger partial charge in [-0.25, -0.2) is 9.97 Å². The van der Waals surface area contributed by atoms with E-state index < -0.39 is 0 Å². The Labute approximate surface area is 113 Å². The molecule has 6 heteroatoms. The van der Waals surface area contributed by atoms with Crippen LogP contribution in [0.3, 0.4) is 0 Å². The van der Waals surface area contributed by atoms with E-state index in [-0.39, 0.29) is 5.41 Å². The summed E-state index contributed by atoms with van der Waals surface area (Å²) in [5, 5.41) is 0. The van der Waals surface area contributed by atoms with Crippen LogP contribution in [0.2, 0.25) is 0 Å². The van der Waals surface area contributed by atoms with Crippen molar-refractivity contribution in [3.63, 3.8) is 0 Å². The van der Waals surface area contributed by atoms with E-state index in [1.54, 1.807) is 6.20 Å². The van der Waals surface area contributed by atoms with Gasteiger partial charge in [-0.3, -0.25) is 0 Å². The molecule has 18 heavy (non-hydrogen) atoms. The van der Waals surface area contributed by atoms with Crippen molar-refractivity contribution in [3.8, 4) is 0 Å². The van der Waals surface area contributed by atoms with Gasteiger partial charge in [0.05, 0.1) is 5.52 Å². The monoisotopic (exact) mass is 310 g/mol. The van der Waals surface area contributed by atoms with E-state index in [0.29, 0.717) is 6.54 Å². The van der Waals surface area contributed by atoms with E-state index in [9.17, 15) is 0 Å². The van der Waals surface area contributed by atoms with Crippen molar-refractivity contribution in [2.24, 2.45) is 5.73 Å². The zero-order chi connectivity index (χ0) is 12.6. The number of nitrogens with two attached hydrogens (primary N) is 1. The van der Waals surface area contributed by atoms with Gasteiger partial charge in [0.15, 0.2) is 5.65 Å². The summed E-state index contributed by atoms with van der Waals surface area (Å²) < 4.78 is 6.36. The number of hydrogen-bond acceptors (Lipinski definition) is 4. The van der Waals surface area contributed by atoms with Crippen molar-refractivity contribution < 1.29 is 4.74 Å². The highest BCUT2D eigenvalue weighted by Gasteiger charge is 2.36. The first-order valence-electron chi connectivity index (χ1n) is 6.03. The Morgan fingerprint density at radius 1 is 1.44 bits per heavy atom. The summed E-state index contributed by atoms with van der Waals surface area (Å²) >= 11 is 3.41. The van der Waals surface area contributed by atoms with Crippen molar-refractivity contribution in [3.05, 3.63) is 22.6 Å². The zero-order valence-electron chi connectivity index (χ0n) is 9.95. The molecule has 0 amide bonds. The number of imidazole rings is 1. The Kier molecular flexibility index (Phi) is 3.09. The Hall–Kier alpha value is -0.980. The average molecular weight is 311 g/mol. The summed E-state index contributed by atoms with van der Waals surface area (Å²) in [6, 6.07) is 1.99. The fourth-order valence-corrected chi connectivity index (χ4v) is 2.76. The first-order chi connectivity index (χ1) is 8.73. The standard InChI is InChI=1S/C12H15BrN4O/c13-8-5-9-10(15-6-8)17-11(16-9)12(7-14)1-3-18-4-2-12/h5-6H,1-4,7,14H2,(H,15,16,17). The summed E-state index contributed by atoms with van der Waals surface area (Å²) in [5.74, 6) is 0.939. The van der Waals surface area contributed by atoms with Gasteiger partial charge >= 0.3 is 0 Å². The second kappa shape index (κ2) is 4.60. The predicted molar refractivity (Wildman–Crippen MR) is 72.4 cm³/mol. The molecule has 0 saturated carbocycles. The minimum absolute atomic E-state index is 0.0918. The molecule has 0 spiro atoms. The van der Waals surface area contributed by atoms with Gasteiger partial charge in [0.25, 0.3) is 0 Å². The predicted octanol–water partition coefficient (Wildman–Crippen LogP) is 1.73. The summed E-state index contributed by atoms with van der Waals surface area (Å²) in [5.41, 5.74) is 7.57. The number of nitrogens with one attached hydrogen (secondary N) is 1. The van der Waals surface area contributed by atoms with Crippen LogP contribution in [0.15, 0.2) is 16.7 Å². The molecule has 2 aromatic heterocycles. The molecule has 3 heterocycles. The van der Waals surface area contributed by atoms with E-state index in [1.165, 1.54) is 0 Å². The molecule has 3 N–H and O–H groups in total. The summed E-state index contributed by atoms with van der Waals surface area (Å²) in [7, 11) is 0. The molecule has 0 atom stereocenters. The van der Waals surface area contributed by atoms with Gasteiger partial charge in [-0.1, -0.05) is 0 Å². The molecule has 0 aromatic carbocycles. The number of H-pyrrole nitrogens is 1. The fraction of sp³-hybridized carbons (Fsp3) is 0.500. The quantitative estimate of drug-likeness (QED) is 0.885. The maximum Gasteiger partial charge on any atom is 0.177 e. The third-order valence-electron chi connectivity index (χ3n) is 3.65. The highest BCUT2D eigenvalue weighted by molar-refractivity contribution is 9.10. The molecule has 0 unspecified atom stereocenters. The van der Waals surface area contributed by atoms with Crippen molar-refractivity contribution in [1.29, 1.82) is 0 Å². The van der Waals surface area contributed by atoms with E-state index in [1.807, 2.05) is 6.07 Å². The lowest BCUT2D eigenvalue weighted by molar-refractivity contribution is 0.0503. The van der Waals surface area contributed by atoms with Crippen LogP contribution < -0.4 is 5.73 Å². The van der Waals surface area contributed by atoms with Gasteiger partial charge in [0, 0.05) is 35.8 Å². The molecule has 1 aliphatic rings.